The number of carbonyl (C=O) groups is 1. The first-order chi connectivity index (χ1) is 17.6. The third kappa shape index (κ3) is 4.94. The molecule has 2 heterocycles. The highest BCUT2D eigenvalue weighted by molar-refractivity contribution is 5.87. The summed E-state index contributed by atoms with van der Waals surface area (Å²) in [6, 6.07) is 20.7. The highest BCUT2D eigenvalue weighted by Gasteiger charge is 2.27. The van der Waals surface area contributed by atoms with E-state index in [4.69, 9.17) is 9.47 Å². The van der Waals surface area contributed by atoms with E-state index in [9.17, 15) is 9.18 Å². The topological polar surface area (TPSA) is 43.7 Å². The van der Waals surface area contributed by atoms with E-state index < -0.39 is 0 Å². The molecule has 1 aliphatic heterocycles. The molecule has 6 heteroatoms. The lowest BCUT2D eigenvalue weighted by Gasteiger charge is -2.22. The molecule has 0 aliphatic carbocycles. The van der Waals surface area contributed by atoms with Crippen LogP contribution in [0.1, 0.15) is 41.9 Å². The number of hydrogen-bond donors (Lipinski definition) is 0. The highest BCUT2D eigenvalue weighted by Crippen LogP contribution is 2.38. The lowest BCUT2D eigenvalue weighted by atomic mass is 9.87. The molecule has 1 aromatic heterocycles. The fourth-order valence-electron chi connectivity index (χ4n) is 5.18. The molecule has 0 unspecified atom stereocenters. The van der Waals surface area contributed by atoms with Crippen LogP contribution in [0.4, 0.5) is 4.39 Å². The van der Waals surface area contributed by atoms with Gasteiger partial charge in [0, 0.05) is 55.1 Å². The van der Waals surface area contributed by atoms with Crippen LogP contribution in [0.5, 0.6) is 11.5 Å². The quantitative estimate of drug-likeness (QED) is 0.307. The molecular weight excluding hydrogens is 455 g/mol. The van der Waals surface area contributed by atoms with Crippen LogP contribution >= 0.6 is 0 Å². The van der Waals surface area contributed by atoms with Gasteiger partial charge in [0.1, 0.15) is 17.3 Å². The summed E-state index contributed by atoms with van der Waals surface area (Å²) in [5, 5.41) is 1.10. The molecule has 0 saturated carbocycles. The maximum absolute atomic E-state index is 13.5. The van der Waals surface area contributed by atoms with Crippen molar-refractivity contribution in [3.8, 4) is 11.5 Å². The molecule has 36 heavy (non-hydrogen) atoms. The minimum atomic E-state index is -0.246. The van der Waals surface area contributed by atoms with Crippen molar-refractivity contribution in [3.05, 3.63) is 95.4 Å². The smallest absolute Gasteiger partial charge is 0.223 e. The van der Waals surface area contributed by atoms with Crippen LogP contribution in [0.25, 0.3) is 10.9 Å². The first-order valence-corrected chi connectivity index (χ1v) is 12.4. The second kappa shape index (κ2) is 10.4. The molecule has 3 aromatic carbocycles. The number of hydrogen-bond acceptors (Lipinski definition) is 3. The number of aromatic nitrogens is 1. The number of rotatable bonds is 8. The molecule has 5 rings (SSSR count). The zero-order valence-electron chi connectivity index (χ0n) is 20.7. The Balaban J connectivity index is 1.61. The van der Waals surface area contributed by atoms with Gasteiger partial charge < -0.3 is 18.9 Å². The molecule has 4 aromatic rings. The number of carbonyl (C=O) groups excluding carboxylic acids is 1. The second-order valence-corrected chi connectivity index (χ2v) is 9.35. The molecule has 0 N–H and O–H groups in total. The molecule has 5 nitrogen and oxygen atoms in total. The third-order valence-electron chi connectivity index (χ3n) is 7.07. The molecule has 1 aliphatic rings. The van der Waals surface area contributed by atoms with Gasteiger partial charge in [-0.3, -0.25) is 4.79 Å². The van der Waals surface area contributed by atoms with Crippen LogP contribution in [-0.2, 0) is 11.3 Å². The van der Waals surface area contributed by atoms with Crippen molar-refractivity contribution in [3.63, 3.8) is 0 Å². The van der Waals surface area contributed by atoms with Gasteiger partial charge >= 0.3 is 0 Å². The minimum absolute atomic E-state index is 0.162. The summed E-state index contributed by atoms with van der Waals surface area (Å²) in [7, 11) is 3.27. The molecule has 186 valence electrons. The lowest BCUT2D eigenvalue weighted by molar-refractivity contribution is -0.130. The van der Waals surface area contributed by atoms with Crippen molar-refractivity contribution < 1.29 is 18.7 Å². The van der Waals surface area contributed by atoms with Gasteiger partial charge in [-0.1, -0.05) is 30.3 Å². The minimum Gasteiger partial charge on any atom is -0.497 e. The normalized spacial score (nSPS) is 14.2. The van der Waals surface area contributed by atoms with Crippen LogP contribution in [-0.4, -0.2) is 42.7 Å². The van der Waals surface area contributed by atoms with Crippen molar-refractivity contribution >= 4 is 16.8 Å². The SMILES string of the molecule is COc1cc(OC)cc([C@@H](CC(=O)N2CCCC2)c2cn(Cc3ccc(F)cc3)c3ccccc23)c1. The summed E-state index contributed by atoms with van der Waals surface area (Å²) >= 11 is 0. The van der Waals surface area contributed by atoms with Gasteiger partial charge in [0.05, 0.1) is 14.2 Å². The fourth-order valence-corrected chi connectivity index (χ4v) is 5.18. The zero-order chi connectivity index (χ0) is 25.1. The first-order valence-electron chi connectivity index (χ1n) is 12.4. The maximum atomic E-state index is 13.5. The van der Waals surface area contributed by atoms with E-state index in [1.54, 1.807) is 14.2 Å². The number of nitrogens with zero attached hydrogens (tertiary/aromatic N) is 2. The van der Waals surface area contributed by atoms with E-state index in [2.05, 4.69) is 22.9 Å². The Bertz CT molecular complexity index is 1330. The average molecular weight is 487 g/mol. The molecule has 0 spiro atoms. The van der Waals surface area contributed by atoms with E-state index in [0.29, 0.717) is 24.5 Å². The van der Waals surface area contributed by atoms with E-state index in [-0.39, 0.29) is 17.6 Å². The second-order valence-electron chi connectivity index (χ2n) is 9.35. The number of fused-ring (bicyclic) bond motifs is 1. The van der Waals surface area contributed by atoms with E-state index >= 15 is 0 Å². The molecular formula is C30H31FN2O3. The summed E-state index contributed by atoms with van der Waals surface area (Å²) in [6.07, 6.45) is 4.61. The molecule has 1 amide bonds. The van der Waals surface area contributed by atoms with Crippen molar-refractivity contribution in [2.75, 3.05) is 27.3 Å². The summed E-state index contributed by atoms with van der Waals surface area (Å²) in [4.78, 5) is 15.4. The van der Waals surface area contributed by atoms with Crippen molar-refractivity contribution in [1.82, 2.24) is 9.47 Å². The Hall–Kier alpha value is -3.80. The summed E-state index contributed by atoms with van der Waals surface area (Å²) < 4.78 is 26.8. The number of benzene rings is 3. The Kier molecular flexibility index (Phi) is 6.94. The van der Waals surface area contributed by atoms with E-state index in [1.807, 2.05) is 47.4 Å². The first kappa shape index (κ1) is 23.9. The molecule has 0 radical (unpaired) electrons. The largest absolute Gasteiger partial charge is 0.497 e. The fraction of sp³-hybridized carbons (Fsp3) is 0.300. The van der Waals surface area contributed by atoms with Crippen molar-refractivity contribution in [2.45, 2.75) is 31.7 Å². The highest BCUT2D eigenvalue weighted by atomic mass is 19.1. The van der Waals surface area contributed by atoms with E-state index in [0.717, 1.165) is 53.5 Å². The number of amides is 1. The van der Waals surface area contributed by atoms with Gasteiger partial charge in [-0.2, -0.15) is 0 Å². The van der Waals surface area contributed by atoms with Gasteiger partial charge in [0.15, 0.2) is 0 Å². The van der Waals surface area contributed by atoms with Gasteiger partial charge in [0.2, 0.25) is 5.91 Å². The molecule has 1 saturated heterocycles. The Morgan fingerprint density at radius 2 is 1.61 bits per heavy atom. The Morgan fingerprint density at radius 1 is 0.944 bits per heavy atom. The maximum Gasteiger partial charge on any atom is 0.223 e. The molecule has 1 fully saturated rings. The van der Waals surface area contributed by atoms with Crippen LogP contribution in [0.3, 0.4) is 0 Å². The van der Waals surface area contributed by atoms with Gasteiger partial charge in [-0.25, -0.2) is 4.39 Å². The summed E-state index contributed by atoms with van der Waals surface area (Å²) in [5.74, 6) is 1.12. The van der Waals surface area contributed by atoms with Crippen LogP contribution in [0.2, 0.25) is 0 Å². The van der Waals surface area contributed by atoms with Gasteiger partial charge in [-0.05, 0) is 59.9 Å². The van der Waals surface area contributed by atoms with Crippen molar-refractivity contribution in [2.24, 2.45) is 0 Å². The van der Waals surface area contributed by atoms with Crippen LogP contribution in [0.15, 0.2) is 72.9 Å². The van der Waals surface area contributed by atoms with Crippen LogP contribution < -0.4 is 9.47 Å². The van der Waals surface area contributed by atoms with E-state index in [1.165, 1.54) is 12.1 Å². The number of likely N-dealkylation sites (tertiary alicyclic amines) is 1. The third-order valence-corrected chi connectivity index (χ3v) is 7.07. The zero-order valence-corrected chi connectivity index (χ0v) is 20.7. The standard InChI is InChI=1S/C30H31FN2O3/c1-35-24-15-22(16-25(17-24)36-2)27(18-30(34)32-13-5-6-14-32)28-20-33(29-8-4-3-7-26(28)29)19-21-9-11-23(31)12-10-21/h3-4,7-12,15-17,20,27H,5-6,13-14,18-19H2,1-2H3/t27-/m1/s1. The van der Waals surface area contributed by atoms with Gasteiger partial charge in [-0.15, -0.1) is 0 Å². The van der Waals surface area contributed by atoms with Gasteiger partial charge in [0.25, 0.3) is 0 Å². The number of ether oxygens (including phenoxy) is 2. The van der Waals surface area contributed by atoms with Crippen molar-refractivity contribution in [1.29, 1.82) is 0 Å². The Labute approximate surface area is 211 Å². The Morgan fingerprint density at radius 3 is 2.28 bits per heavy atom. The molecule has 1 atom stereocenters. The predicted octanol–water partition coefficient (Wildman–Crippen LogP) is 5.99. The van der Waals surface area contributed by atoms with Crippen LogP contribution in [0, 0.1) is 5.82 Å². The lowest BCUT2D eigenvalue weighted by Crippen LogP contribution is -2.29. The summed E-state index contributed by atoms with van der Waals surface area (Å²) in [5.41, 5.74) is 4.14. The number of methoxy groups -OCH3 is 2. The predicted molar refractivity (Wildman–Crippen MR) is 139 cm³/mol. The molecule has 0 bridgehead atoms. The summed E-state index contributed by atoms with van der Waals surface area (Å²) in [6.45, 7) is 2.24. The number of para-hydroxylation sites is 1. The monoisotopic (exact) mass is 486 g/mol. The average Bonchev–Trinajstić information content (AvgIpc) is 3.57. The number of halogens is 1.